The van der Waals surface area contributed by atoms with E-state index in [4.69, 9.17) is 0 Å². The Hall–Kier alpha value is -1.66. The van der Waals surface area contributed by atoms with Gasteiger partial charge in [-0.1, -0.05) is 0 Å². The number of nitrogens with one attached hydrogen (secondary N) is 1. The fourth-order valence-corrected chi connectivity index (χ4v) is 3.53. The Morgan fingerprint density at radius 1 is 1.48 bits per heavy atom. The minimum atomic E-state index is -0.0178. The van der Waals surface area contributed by atoms with Crippen LogP contribution in [-0.4, -0.2) is 27.1 Å². The largest absolute Gasteiger partial charge is 0.351 e. The maximum atomic E-state index is 11.0. The highest BCUT2D eigenvalue weighted by molar-refractivity contribution is 7.10. The number of hydrogen-bond donors (Lipinski definition) is 1. The van der Waals surface area contributed by atoms with Crippen LogP contribution in [0.4, 0.5) is 0 Å². The summed E-state index contributed by atoms with van der Waals surface area (Å²) < 4.78 is 2.06. The molecule has 3 heterocycles. The van der Waals surface area contributed by atoms with Crippen LogP contribution in [0.1, 0.15) is 28.8 Å². The van der Waals surface area contributed by atoms with E-state index in [-0.39, 0.29) is 5.91 Å². The quantitative estimate of drug-likeness (QED) is 0.938. The first-order valence-electron chi connectivity index (χ1n) is 7.17. The molecule has 2 aromatic heterocycles. The molecule has 1 amide bonds. The first-order valence-corrected chi connectivity index (χ1v) is 8.05. The van der Waals surface area contributed by atoms with Gasteiger partial charge in [0.25, 0.3) is 0 Å². The molecule has 2 aromatic rings. The molecular weight excluding hydrogens is 284 g/mol. The molecule has 3 rings (SSSR count). The van der Waals surface area contributed by atoms with Crippen molar-refractivity contribution in [1.82, 2.24) is 20.0 Å². The molecule has 21 heavy (non-hydrogen) atoms. The maximum Gasteiger partial charge on any atom is 0.217 e. The van der Waals surface area contributed by atoms with Crippen LogP contribution < -0.4 is 5.32 Å². The molecule has 0 aliphatic carbocycles. The molecule has 5 nitrogen and oxygen atoms in total. The highest BCUT2D eigenvalue weighted by atomic mass is 32.1. The molecule has 0 aromatic carbocycles. The van der Waals surface area contributed by atoms with Crippen molar-refractivity contribution >= 4 is 17.2 Å². The summed E-state index contributed by atoms with van der Waals surface area (Å²) in [6.45, 7) is 8.08. The summed E-state index contributed by atoms with van der Waals surface area (Å²) in [7, 11) is 0. The zero-order chi connectivity index (χ0) is 14.8. The minimum Gasteiger partial charge on any atom is -0.351 e. The summed E-state index contributed by atoms with van der Waals surface area (Å²) in [6, 6.07) is 4.28. The number of aromatic nitrogens is 2. The zero-order valence-electron chi connectivity index (χ0n) is 12.4. The van der Waals surface area contributed by atoms with Crippen molar-refractivity contribution in [3.05, 3.63) is 39.3 Å². The van der Waals surface area contributed by atoms with Crippen molar-refractivity contribution in [3.8, 4) is 0 Å². The second-order valence-corrected chi connectivity index (χ2v) is 6.50. The Morgan fingerprint density at radius 3 is 3.05 bits per heavy atom. The van der Waals surface area contributed by atoms with Gasteiger partial charge >= 0.3 is 0 Å². The molecule has 0 spiro atoms. The summed E-state index contributed by atoms with van der Waals surface area (Å²) >= 11 is 1.83. The molecule has 1 N–H and O–H groups in total. The maximum absolute atomic E-state index is 11.0. The molecule has 112 valence electrons. The molecule has 0 atom stereocenters. The van der Waals surface area contributed by atoms with Gasteiger partial charge in [0.15, 0.2) is 0 Å². The lowest BCUT2D eigenvalue weighted by Crippen LogP contribution is -2.33. The normalized spacial score (nSPS) is 15.0. The second-order valence-electron chi connectivity index (χ2n) is 5.50. The number of aryl methyl sites for hydroxylation is 1. The van der Waals surface area contributed by atoms with Crippen molar-refractivity contribution in [2.75, 3.05) is 6.54 Å². The van der Waals surface area contributed by atoms with E-state index in [1.165, 1.54) is 23.1 Å². The Morgan fingerprint density at radius 2 is 2.33 bits per heavy atom. The average Bonchev–Trinajstić information content (AvgIpc) is 3.03. The topological polar surface area (TPSA) is 50.2 Å². The Bertz CT molecular complexity index is 646. The highest BCUT2D eigenvalue weighted by Crippen LogP contribution is 2.21. The molecule has 0 unspecified atom stereocenters. The van der Waals surface area contributed by atoms with Gasteiger partial charge in [0.05, 0.1) is 24.5 Å². The predicted molar refractivity (Wildman–Crippen MR) is 82.9 cm³/mol. The van der Waals surface area contributed by atoms with Crippen LogP contribution in [0.15, 0.2) is 17.5 Å². The SMILES string of the molecule is CC(=O)NCc1cc2n(n1)CCN(Cc1sccc1C)C2. The molecule has 6 heteroatoms. The van der Waals surface area contributed by atoms with Crippen LogP contribution in [0, 0.1) is 6.92 Å². The molecule has 1 aliphatic rings. The third kappa shape index (κ3) is 3.33. The third-order valence-electron chi connectivity index (χ3n) is 3.78. The van der Waals surface area contributed by atoms with Gasteiger partial charge in [0.2, 0.25) is 5.91 Å². The van der Waals surface area contributed by atoms with E-state index in [2.05, 4.69) is 44.4 Å². The summed E-state index contributed by atoms with van der Waals surface area (Å²) in [4.78, 5) is 14.9. The van der Waals surface area contributed by atoms with Crippen molar-refractivity contribution in [1.29, 1.82) is 0 Å². The number of thiophene rings is 1. The van der Waals surface area contributed by atoms with Crippen molar-refractivity contribution in [2.45, 2.75) is 40.0 Å². The fraction of sp³-hybridized carbons (Fsp3) is 0.467. The lowest BCUT2D eigenvalue weighted by Gasteiger charge is -2.27. The van der Waals surface area contributed by atoms with Crippen molar-refractivity contribution < 1.29 is 4.79 Å². The van der Waals surface area contributed by atoms with Crippen LogP contribution in [-0.2, 0) is 31.0 Å². The van der Waals surface area contributed by atoms with E-state index < -0.39 is 0 Å². The van der Waals surface area contributed by atoms with E-state index in [0.717, 1.165) is 31.9 Å². The second kappa shape index (κ2) is 5.99. The van der Waals surface area contributed by atoms with E-state index in [9.17, 15) is 4.79 Å². The van der Waals surface area contributed by atoms with Gasteiger partial charge in [-0.2, -0.15) is 5.10 Å². The molecule has 0 fully saturated rings. The van der Waals surface area contributed by atoms with Gasteiger partial charge in [-0.15, -0.1) is 11.3 Å². The highest BCUT2D eigenvalue weighted by Gasteiger charge is 2.19. The number of hydrogen-bond acceptors (Lipinski definition) is 4. The molecule has 0 saturated heterocycles. The van der Waals surface area contributed by atoms with Crippen LogP contribution in [0.5, 0.6) is 0 Å². The molecular formula is C15H20N4OS. The summed E-state index contributed by atoms with van der Waals surface area (Å²) in [5.74, 6) is -0.0178. The van der Waals surface area contributed by atoms with E-state index in [1.807, 2.05) is 11.3 Å². The third-order valence-corrected chi connectivity index (χ3v) is 4.79. The summed E-state index contributed by atoms with van der Waals surface area (Å²) in [5, 5.41) is 9.51. The summed E-state index contributed by atoms with van der Waals surface area (Å²) in [5.41, 5.74) is 3.55. The van der Waals surface area contributed by atoms with E-state index in [1.54, 1.807) is 0 Å². The minimum absolute atomic E-state index is 0.0178. The van der Waals surface area contributed by atoms with Crippen molar-refractivity contribution in [3.63, 3.8) is 0 Å². The van der Waals surface area contributed by atoms with Gasteiger partial charge in [-0.3, -0.25) is 14.4 Å². The lowest BCUT2D eigenvalue weighted by atomic mass is 10.2. The molecule has 0 radical (unpaired) electrons. The molecule has 0 bridgehead atoms. The average molecular weight is 304 g/mol. The number of nitrogens with zero attached hydrogens (tertiary/aromatic N) is 3. The van der Waals surface area contributed by atoms with Gasteiger partial charge in [0.1, 0.15) is 0 Å². The monoisotopic (exact) mass is 304 g/mol. The van der Waals surface area contributed by atoms with E-state index >= 15 is 0 Å². The molecule has 1 aliphatic heterocycles. The van der Waals surface area contributed by atoms with Crippen LogP contribution in [0.3, 0.4) is 0 Å². The number of rotatable bonds is 4. The van der Waals surface area contributed by atoms with Crippen LogP contribution in [0.2, 0.25) is 0 Å². The first-order chi connectivity index (χ1) is 10.1. The number of carbonyl (C=O) groups excluding carboxylic acids is 1. The van der Waals surface area contributed by atoms with Crippen molar-refractivity contribution in [2.24, 2.45) is 0 Å². The predicted octanol–water partition coefficient (Wildman–Crippen LogP) is 1.90. The Balaban J connectivity index is 1.65. The number of fused-ring (bicyclic) bond motifs is 1. The van der Waals surface area contributed by atoms with E-state index in [0.29, 0.717) is 6.54 Å². The lowest BCUT2D eigenvalue weighted by molar-refractivity contribution is -0.119. The Kier molecular flexibility index (Phi) is 4.07. The fourth-order valence-electron chi connectivity index (χ4n) is 2.59. The van der Waals surface area contributed by atoms with Crippen LogP contribution in [0.25, 0.3) is 0 Å². The number of amides is 1. The van der Waals surface area contributed by atoms with Gasteiger partial charge < -0.3 is 5.32 Å². The first kappa shape index (κ1) is 14.3. The van der Waals surface area contributed by atoms with Gasteiger partial charge in [-0.05, 0) is 30.0 Å². The summed E-state index contributed by atoms with van der Waals surface area (Å²) in [6.07, 6.45) is 0. The standard InChI is InChI=1S/C15H20N4OS/c1-11-3-6-21-15(11)10-18-4-5-19-14(9-18)7-13(17-19)8-16-12(2)20/h3,6-7H,4-5,8-10H2,1-2H3,(H,16,20). The molecule has 0 saturated carbocycles. The number of carbonyl (C=O) groups is 1. The van der Waals surface area contributed by atoms with Gasteiger partial charge in [-0.25, -0.2) is 0 Å². The van der Waals surface area contributed by atoms with Crippen LogP contribution >= 0.6 is 11.3 Å². The Labute approximate surface area is 128 Å². The van der Waals surface area contributed by atoms with Gasteiger partial charge in [0, 0.05) is 31.4 Å². The zero-order valence-corrected chi connectivity index (χ0v) is 13.2. The smallest absolute Gasteiger partial charge is 0.217 e.